The molecular formula is C17H15ClO3. The predicted octanol–water partition coefficient (Wildman–Crippen LogP) is 4.25. The van der Waals surface area contributed by atoms with E-state index in [1.165, 1.54) is 6.08 Å². The Morgan fingerprint density at radius 1 is 1.00 bits per heavy atom. The summed E-state index contributed by atoms with van der Waals surface area (Å²) in [6.45, 7) is 0. The van der Waals surface area contributed by atoms with Crippen molar-refractivity contribution in [3.8, 4) is 11.5 Å². The second-order valence-electron chi connectivity index (χ2n) is 4.31. The summed E-state index contributed by atoms with van der Waals surface area (Å²) >= 11 is 6.09. The quantitative estimate of drug-likeness (QED) is 0.612. The predicted molar refractivity (Wildman–Crippen MR) is 84.4 cm³/mol. The molecule has 0 aromatic heterocycles. The maximum absolute atomic E-state index is 12.1. The van der Waals surface area contributed by atoms with Crippen LogP contribution in [0, 0.1) is 0 Å². The molecule has 0 aliphatic heterocycles. The fourth-order valence-corrected chi connectivity index (χ4v) is 1.97. The Morgan fingerprint density at radius 3 is 2.24 bits per heavy atom. The van der Waals surface area contributed by atoms with Crippen LogP contribution in [0.1, 0.15) is 15.9 Å². The minimum Gasteiger partial charge on any atom is -0.497 e. The summed E-state index contributed by atoms with van der Waals surface area (Å²) in [6, 6.07) is 12.2. The van der Waals surface area contributed by atoms with Gasteiger partial charge in [0.1, 0.15) is 11.5 Å². The molecule has 0 aliphatic carbocycles. The molecule has 0 saturated carbocycles. The molecule has 0 aliphatic rings. The Bertz CT molecular complexity index is 660. The van der Waals surface area contributed by atoms with E-state index in [9.17, 15) is 4.79 Å². The van der Waals surface area contributed by atoms with E-state index >= 15 is 0 Å². The first-order chi connectivity index (χ1) is 10.1. The van der Waals surface area contributed by atoms with Gasteiger partial charge in [-0.25, -0.2) is 0 Å². The summed E-state index contributed by atoms with van der Waals surface area (Å²) in [5.41, 5.74) is 1.32. The van der Waals surface area contributed by atoms with Crippen molar-refractivity contribution in [1.29, 1.82) is 0 Å². The molecule has 2 rings (SSSR count). The molecule has 0 saturated heterocycles. The average molecular weight is 303 g/mol. The van der Waals surface area contributed by atoms with Crippen molar-refractivity contribution >= 4 is 23.5 Å². The van der Waals surface area contributed by atoms with Crippen LogP contribution in [0.2, 0.25) is 5.02 Å². The van der Waals surface area contributed by atoms with E-state index in [-0.39, 0.29) is 5.78 Å². The smallest absolute Gasteiger partial charge is 0.185 e. The van der Waals surface area contributed by atoms with Gasteiger partial charge in [0, 0.05) is 10.6 Å². The highest BCUT2D eigenvalue weighted by Gasteiger charge is 2.04. The number of hydrogen-bond donors (Lipinski definition) is 0. The van der Waals surface area contributed by atoms with Gasteiger partial charge in [0.25, 0.3) is 0 Å². The lowest BCUT2D eigenvalue weighted by molar-refractivity contribution is 0.104. The minimum absolute atomic E-state index is 0.100. The van der Waals surface area contributed by atoms with Crippen molar-refractivity contribution in [1.82, 2.24) is 0 Å². The van der Waals surface area contributed by atoms with E-state index in [4.69, 9.17) is 21.1 Å². The molecule has 21 heavy (non-hydrogen) atoms. The van der Waals surface area contributed by atoms with Crippen LogP contribution >= 0.6 is 11.6 Å². The Balaban J connectivity index is 2.18. The minimum atomic E-state index is -0.100. The first kappa shape index (κ1) is 15.1. The number of ketones is 1. The van der Waals surface area contributed by atoms with Crippen LogP contribution in [0.15, 0.2) is 48.5 Å². The molecule has 0 atom stereocenters. The number of benzene rings is 2. The monoisotopic (exact) mass is 302 g/mol. The number of allylic oxidation sites excluding steroid dienone is 1. The molecule has 0 amide bonds. The third-order valence-corrected chi connectivity index (χ3v) is 3.34. The number of carbonyl (C=O) groups is 1. The van der Waals surface area contributed by atoms with Gasteiger partial charge in [0.05, 0.1) is 14.2 Å². The first-order valence-electron chi connectivity index (χ1n) is 6.34. The summed E-state index contributed by atoms with van der Waals surface area (Å²) in [5, 5.41) is 0.564. The normalized spacial score (nSPS) is 10.6. The van der Waals surface area contributed by atoms with Crippen molar-refractivity contribution in [2.45, 2.75) is 0 Å². The highest BCUT2D eigenvalue weighted by atomic mass is 35.5. The fourth-order valence-electron chi connectivity index (χ4n) is 1.79. The molecule has 0 spiro atoms. The molecule has 108 valence electrons. The van der Waals surface area contributed by atoms with Crippen LogP contribution in [0.25, 0.3) is 6.08 Å². The van der Waals surface area contributed by atoms with Gasteiger partial charge in [0.2, 0.25) is 0 Å². The largest absolute Gasteiger partial charge is 0.497 e. The summed E-state index contributed by atoms with van der Waals surface area (Å²) in [7, 11) is 3.17. The van der Waals surface area contributed by atoms with Gasteiger partial charge in [-0.05, 0) is 60.2 Å². The Kier molecular flexibility index (Phi) is 5.01. The van der Waals surface area contributed by atoms with Crippen molar-refractivity contribution < 1.29 is 14.3 Å². The van der Waals surface area contributed by atoms with Crippen molar-refractivity contribution in [3.63, 3.8) is 0 Å². The van der Waals surface area contributed by atoms with E-state index in [1.807, 2.05) is 0 Å². The Hall–Kier alpha value is -2.26. The number of halogens is 1. The van der Waals surface area contributed by atoms with Gasteiger partial charge in [0.15, 0.2) is 5.78 Å². The van der Waals surface area contributed by atoms with E-state index in [0.29, 0.717) is 22.1 Å². The number of carbonyl (C=O) groups excluding carboxylic acids is 1. The fraction of sp³-hybridized carbons (Fsp3) is 0.118. The number of ether oxygens (including phenoxy) is 2. The molecule has 0 N–H and O–H groups in total. The number of methoxy groups -OCH3 is 2. The van der Waals surface area contributed by atoms with Crippen molar-refractivity contribution in [3.05, 3.63) is 64.7 Å². The summed E-state index contributed by atoms with van der Waals surface area (Å²) in [4.78, 5) is 12.1. The molecule has 0 bridgehead atoms. The van der Waals surface area contributed by atoms with Crippen LogP contribution < -0.4 is 9.47 Å². The second kappa shape index (κ2) is 6.95. The second-order valence-corrected chi connectivity index (χ2v) is 4.72. The highest BCUT2D eigenvalue weighted by molar-refractivity contribution is 6.32. The maximum atomic E-state index is 12.1. The van der Waals surface area contributed by atoms with E-state index in [1.54, 1.807) is 62.8 Å². The zero-order valence-corrected chi connectivity index (χ0v) is 12.6. The molecule has 4 heteroatoms. The molecule has 0 unspecified atom stereocenters. The first-order valence-corrected chi connectivity index (χ1v) is 6.72. The molecule has 2 aromatic carbocycles. The summed E-state index contributed by atoms with van der Waals surface area (Å²) < 4.78 is 10.2. The molecule has 3 nitrogen and oxygen atoms in total. The molecular weight excluding hydrogens is 288 g/mol. The zero-order valence-electron chi connectivity index (χ0n) is 11.8. The zero-order chi connectivity index (χ0) is 15.2. The van der Waals surface area contributed by atoms with E-state index in [2.05, 4.69) is 0 Å². The van der Waals surface area contributed by atoms with Crippen LogP contribution in [0.3, 0.4) is 0 Å². The molecule has 0 heterocycles. The van der Waals surface area contributed by atoms with E-state index in [0.717, 1.165) is 5.56 Å². The highest BCUT2D eigenvalue weighted by Crippen LogP contribution is 2.23. The average Bonchev–Trinajstić information content (AvgIpc) is 2.54. The van der Waals surface area contributed by atoms with Crippen molar-refractivity contribution in [2.24, 2.45) is 0 Å². The maximum Gasteiger partial charge on any atom is 0.185 e. The third kappa shape index (κ3) is 3.86. The lowest BCUT2D eigenvalue weighted by Gasteiger charge is -2.03. The summed E-state index contributed by atoms with van der Waals surface area (Å²) in [5.74, 6) is 1.30. The van der Waals surface area contributed by atoms with Gasteiger partial charge >= 0.3 is 0 Å². The summed E-state index contributed by atoms with van der Waals surface area (Å²) in [6.07, 6.45) is 3.17. The Morgan fingerprint density at radius 2 is 1.62 bits per heavy atom. The van der Waals surface area contributed by atoms with Crippen LogP contribution in [-0.2, 0) is 0 Å². The lowest BCUT2D eigenvalue weighted by Crippen LogP contribution is -1.94. The van der Waals surface area contributed by atoms with Gasteiger partial charge < -0.3 is 9.47 Å². The Labute approximate surface area is 128 Å². The van der Waals surface area contributed by atoms with Crippen LogP contribution in [-0.4, -0.2) is 20.0 Å². The van der Waals surface area contributed by atoms with Crippen LogP contribution in [0.5, 0.6) is 11.5 Å². The third-order valence-electron chi connectivity index (χ3n) is 2.99. The topological polar surface area (TPSA) is 35.5 Å². The molecule has 2 aromatic rings. The SMILES string of the molecule is COc1ccc(C(=O)/C=C/c2cc(OC)ccc2Cl)cc1. The van der Waals surface area contributed by atoms with Crippen molar-refractivity contribution in [2.75, 3.05) is 14.2 Å². The van der Waals surface area contributed by atoms with Gasteiger partial charge in [-0.2, -0.15) is 0 Å². The van der Waals surface area contributed by atoms with E-state index < -0.39 is 0 Å². The molecule has 0 radical (unpaired) electrons. The lowest BCUT2D eigenvalue weighted by atomic mass is 10.1. The number of hydrogen-bond acceptors (Lipinski definition) is 3. The van der Waals surface area contributed by atoms with Gasteiger partial charge in [-0.3, -0.25) is 4.79 Å². The standard InChI is InChI=1S/C17H15ClO3/c1-20-14-6-3-12(4-7-14)17(19)10-5-13-11-15(21-2)8-9-16(13)18/h3-11H,1-2H3/b10-5+. The van der Waals surface area contributed by atoms with Gasteiger partial charge in [-0.1, -0.05) is 11.6 Å². The van der Waals surface area contributed by atoms with Gasteiger partial charge in [-0.15, -0.1) is 0 Å². The molecule has 0 fully saturated rings. The van der Waals surface area contributed by atoms with Crippen LogP contribution in [0.4, 0.5) is 0 Å². The number of rotatable bonds is 5.